The number of carbonyl (C=O) groups excluding carboxylic acids is 1. The Morgan fingerprint density at radius 2 is 2.00 bits per heavy atom. The standard InChI is InChI=1S/C19H19N3O3S/c1-24-15-3-2-14(12-6-10-25-11-7-12)17-16(15)21-19(26-17)22-18(23)13-4-8-20-9-5-13/h2-5,8-9,12H,6-7,10-11H2,1H3,(H,21,22,23). The summed E-state index contributed by atoms with van der Waals surface area (Å²) in [5.74, 6) is 0.968. The first-order valence-corrected chi connectivity index (χ1v) is 9.34. The van der Waals surface area contributed by atoms with Gasteiger partial charge in [0.15, 0.2) is 5.13 Å². The molecule has 3 aromatic rings. The van der Waals surface area contributed by atoms with Crippen LogP contribution in [-0.2, 0) is 4.74 Å². The summed E-state index contributed by atoms with van der Waals surface area (Å²) in [6.07, 6.45) is 5.19. The molecule has 1 amide bonds. The maximum atomic E-state index is 12.4. The Morgan fingerprint density at radius 1 is 1.23 bits per heavy atom. The third kappa shape index (κ3) is 3.27. The SMILES string of the molecule is COc1ccc(C2CCOCC2)c2sc(NC(=O)c3ccncc3)nc12. The summed E-state index contributed by atoms with van der Waals surface area (Å²) in [5, 5.41) is 3.46. The van der Waals surface area contributed by atoms with Crippen molar-refractivity contribution in [2.45, 2.75) is 18.8 Å². The van der Waals surface area contributed by atoms with Crippen molar-refractivity contribution in [3.8, 4) is 5.75 Å². The second-order valence-corrected chi connectivity index (χ2v) is 7.13. The molecular weight excluding hydrogens is 350 g/mol. The van der Waals surface area contributed by atoms with E-state index >= 15 is 0 Å². The third-order valence-electron chi connectivity index (χ3n) is 4.58. The van der Waals surface area contributed by atoms with Crippen molar-refractivity contribution in [3.63, 3.8) is 0 Å². The fourth-order valence-corrected chi connectivity index (χ4v) is 4.29. The molecule has 1 aliphatic rings. The zero-order valence-corrected chi connectivity index (χ0v) is 15.2. The lowest BCUT2D eigenvalue weighted by Crippen LogP contribution is -2.14. The van der Waals surface area contributed by atoms with E-state index in [0.717, 1.165) is 42.0 Å². The second kappa shape index (κ2) is 7.39. The van der Waals surface area contributed by atoms with E-state index in [9.17, 15) is 4.79 Å². The molecule has 1 aliphatic heterocycles. The van der Waals surface area contributed by atoms with Gasteiger partial charge in [0.05, 0.1) is 11.8 Å². The van der Waals surface area contributed by atoms with E-state index in [2.05, 4.69) is 21.4 Å². The predicted molar refractivity (Wildman–Crippen MR) is 101 cm³/mol. The largest absolute Gasteiger partial charge is 0.494 e. The van der Waals surface area contributed by atoms with Gasteiger partial charge in [-0.15, -0.1) is 0 Å². The average molecular weight is 369 g/mol. The first-order valence-electron chi connectivity index (χ1n) is 8.53. The number of ether oxygens (including phenoxy) is 2. The molecule has 7 heteroatoms. The number of fused-ring (bicyclic) bond motifs is 1. The number of aromatic nitrogens is 2. The predicted octanol–water partition coefficient (Wildman–Crippen LogP) is 3.85. The zero-order chi connectivity index (χ0) is 17.9. The van der Waals surface area contributed by atoms with Crippen LogP contribution < -0.4 is 10.1 Å². The van der Waals surface area contributed by atoms with Crippen LogP contribution in [0.15, 0.2) is 36.7 Å². The maximum Gasteiger partial charge on any atom is 0.257 e. The Morgan fingerprint density at radius 3 is 2.73 bits per heavy atom. The van der Waals surface area contributed by atoms with Crippen molar-refractivity contribution in [3.05, 3.63) is 47.8 Å². The summed E-state index contributed by atoms with van der Waals surface area (Å²) in [6.45, 7) is 1.56. The third-order valence-corrected chi connectivity index (χ3v) is 5.60. The minimum absolute atomic E-state index is 0.196. The molecule has 0 saturated carbocycles. The monoisotopic (exact) mass is 369 g/mol. The summed E-state index contributed by atoms with van der Waals surface area (Å²) in [4.78, 5) is 21.0. The number of pyridine rings is 1. The highest BCUT2D eigenvalue weighted by molar-refractivity contribution is 7.22. The van der Waals surface area contributed by atoms with Gasteiger partial charge in [0.2, 0.25) is 0 Å². The van der Waals surface area contributed by atoms with E-state index < -0.39 is 0 Å². The molecule has 26 heavy (non-hydrogen) atoms. The van der Waals surface area contributed by atoms with Crippen LogP contribution in [0.1, 0.15) is 34.7 Å². The van der Waals surface area contributed by atoms with Crippen molar-refractivity contribution in [1.82, 2.24) is 9.97 Å². The molecule has 0 atom stereocenters. The number of amides is 1. The molecule has 1 saturated heterocycles. The lowest BCUT2D eigenvalue weighted by molar-refractivity contribution is 0.0856. The van der Waals surface area contributed by atoms with Gasteiger partial charge in [-0.05, 0) is 42.5 Å². The normalized spacial score (nSPS) is 15.1. The van der Waals surface area contributed by atoms with Crippen molar-refractivity contribution in [1.29, 1.82) is 0 Å². The van der Waals surface area contributed by atoms with Gasteiger partial charge in [0.1, 0.15) is 11.3 Å². The quantitative estimate of drug-likeness (QED) is 0.756. The molecule has 1 aromatic carbocycles. The first-order chi connectivity index (χ1) is 12.8. The van der Waals surface area contributed by atoms with E-state index in [1.165, 1.54) is 16.9 Å². The van der Waals surface area contributed by atoms with Crippen molar-refractivity contribution in [2.75, 3.05) is 25.6 Å². The van der Waals surface area contributed by atoms with Gasteiger partial charge < -0.3 is 9.47 Å². The van der Waals surface area contributed by atoms with Crippen LogP contribution in [0.3, 0.4) is 0 Å². The molecule has 1 N–H and O–H groups in total. The molecule has 6 nitrogen and oxygen atoms in total. The Bertz CT molecular complexity index is 920. The minimum Gasteiger partial charge on any atom is -0.494 e. The number of anilines is 1. The highest BCUT2D eigenvalue weighted by Gasteiger charge is 2.22. The Balaban J connectivity index is 1.69. The highest BCUT2D eigenvalue weighted by Crippen LogP contribution is 2.40. The molecule has 0 aliphatic carbocycles. The summed E-state index contributed by atoms with van der Waals surface area (Å²) in [7, 11) is 1.64. The molecule has 3 heterocycles. The van der Waals surface area contributed by atoms with Gasteiger partial charge in [-0.25, -0.2) is 4.98 Å². The van der Waals surface area contributed by atoms with Crippen LogP contribution >= 0.6 is 11.3 Å². The number of rotatable bonds is 4. The molecular formula is C19H19N3O3S. The lowest BCUT2D eigenvalue weighted by Gasteiger charge is -2.23. The van der Waals surface area contributed by atoms with Crippen molar-refractivity contribution < 1.29 is 14.3 Å². The molecule has 4 rings (SSSR count). The highest BCUT2D eigenvalue weighted by atomic mass is 32.1. The molecule has 0 spiro atoms. The van der Waals surface area contributed by atoms with Gasteiger partial charge in [0.25, 0.3) is 5.91 Å². The van der Waals surface area contributed by atoms with E-state index in [-0.39, 0.29) is 5.91 Å². The summed E-state index contributed by atoms with van der Waals surface area (Å²) in [5.41, 5.74) is 2.61. The van der Waals surface area contributed by atoms with Gasteiger partial charge in [-0.1, -0.05) is 17.4 Å². The lowest BCUT2D eigenvalue weighted by atomic mass is 9.91. The summed E-state index contributed by atoms with van der Waals surface area (Å²) in [6, 6.07) is 7.43. The van der Waals surface area contributed by atoms with E-state index in [1.807, 2.05) is 6.07 Å². The van der Waals surface area contributed by atoms with Gasteiger partial charge >= 0.3 is 0 Å². The van der Waals surface area contributed by atoms with E-state index in [1.54, 1.807) is 31.6 Å². The molecule has 0 radical (unpaired) electrons. The van der Waals surface area contributed by atoms with E-state index in [0.29, 0.717) is 16.6 Å². The number of benzene rings is 1. The number of nitrogens with one attached hydrogen (secondary N) is 1. The summed E-state index contributed by atoms with van der Waals surface area (Å²) < 4.78 is 12.0. The number of hydrogen-bond acceptors (Lipinski definition) is 6. The molecule has 134 valence electrons. The number of methoxy groups -OCH3 is 1. The Labute approximate surface area is 155 Å². The average Bonchev–Trinajstić information content (AvgIpc) is 3.12. The van der Waals surface area contributed by atoms with Crippen LogP contribution in [0, 0.1) is 0 Å². The molecule has 2 aromatic heterocycles. The Kier molecular flexibility index (Phi) is 4.81. The number of carbonyl (C=O) groups is 1. The van der Waals surface area contributed by atoms with Gasteiger partial charge in [-0.2, -0.15) is 0 Å². The minimum atomic E-state index is -0.196. The van der Waals surface area contributed by atoms with Crippen LogP contribution in [-0.4, -0.2) is 36.2 Å². The summed E-state index contributed by atoms with van der Waals surface area (Å²) >= 11 is 1.49. The fourth-order valence-electron chi connectivity index (χ4n) is 3.22. The number of thiazole rings is 1. The van der Waals surface area contributed by atoms with Crippen LogP contribution in [0.2, 0.25) is 0 Å². The van der Waals surface area contributed by atoms with Crippen molar-refractivity contribution >= 4 is 32.6 Å². The van der Waals surface area contributed by atoms with Crippen LogP contribution in [0.25, 0.3) is 10.2 Å². The molecule has 1 fully saturated rings. The van der Waals surface area contributed by atoms with Crippen LogP contribution in [0.5, 0.6) is 5.75 Å². The molecule has 0 bridgehead atoms. The van der Waals surface area contributed by atoms with Gasteiger partial charge in [0, 0.05) is 31.2 Å². The first kappa shape index (κ1) is 16.9. The van der Waals surface area contributed by atoms with Crippen LogP contribution in [0.4, 0.5) is 5.13 Å². The smallest absolute Gasteiger partial charge is 0.257 e. The second-order valence-electron chi connectivity index (χ2n) is 6.13. The van der Waals surface area contributed by atoms with E-state index in [4.69, 9.17) is 9.47 Å². The number of nitrogens with zero attached hydrogens (tertiary/aromatic N) is 2. The number of hydrogen-bond donors (Lipinski definition) is 1. The maximum absolute atomic E-state index is 12.4. The fraction of sp³-hybridized carbons (Fsp3) is 0.316. The topological polar surface area (TPSA) is 73.3 Å². The van der Waals surface area contributed by atoms with Gasteiger partial charge in [-0.3, -0.25) is 15.1 Å². The van der Waals surface area contributed by atoms with Crippen molar-refractivity contribution in [2.24, 2.45) is 0 Å². The Hall–Kier alpha value is -2.51. The zero-order valence-electron chi connectivity index (χ0n) is 14.4. The molecule has 0 unspecified atom stereocenters.